The van der Waals surface area contributed by atoms with Crippen LogP contribution in [0.3, 0.4) is 0 Å². The van der Waals surface area contributed by atoms with Crippen molar-refractivity contribution in [3.8, 4) is 0 Å². The average Bonchev–Trinajstić information content (AvgIpc) is 3.06. The third kappa shape index (κ3) is 4.33. The molecule has 0 atom stereocenters. The Morgan fingerprint density at radius 3 is 2.50 bits per heavy atom. The van der Waals surface area contributed by atoms with Crippen LogP contribution in [0.25, 0.3) is 11.0 Å². The van der Waals surface area contributed by atoms with Crippen LogP contribution in [0.4, 0.5) is 5.69 Å². The minimum absolute atomic E-state index is 0.275. The zero-order chi connectivity index (χ0) is 21.3. The molecular formula is C22H27ClN6O. The lowest BCUT2D eigenvalue weighted by atomic mass is 10.2. The van der Waals surface area contributed by atoms with Gasteiger partial charge in [-0.05, 0) is 33.0 Å². The van der Waals surface area contributed by atoms with Crippen molar-refractivity contribution in [2.45, 2.75) is 20.4 Å². The number of pyridine rings is 1. The average molecular weight is 427 g/mol. The number of benzene rings is 1. The number of rotatable bonds is 5. The highest BCUT2D eigenvalue weighted by Gasteiger charge is 2.20. The van der Waals surface area contributed by atoms with E-state index in [4.69, 9.17) is 11.6 Å². The number of amides is 1. The highest BCUT2D eigenvalue weighted by atomic mass is 35.5. The summed E-state index contributed by atoms with van der Waals surface area (Å²) in [6.07, 6.45) is 1.54. The molecule has 1 amide bonds. The van der Waals surface area contributed by atoms with Gasteiger partial charge in [0.15, 0.2) is 5.65 Å². The van der Waals surface area contributed by atoms with E-state index >= 15 is 0 Å². The van der Waals surface area contributed by atoms with E-state index in [0.717, 1.165) is 67.2 Å². The maximum absolute atomic E-state index is 12.8. The van der Waals surface area contributed by atoms with E-state index in [9.17, 15) is 4.79 Å². The fraction of sp³-hybridized carbons (Fsp3) is 0.409. The number of aryl methyl sites for hydroxylation is 2. The van der Waals surface area contributed by atoms with Gasteiger partial charge in [-0.25, -0.2) is 9.67 Å². The first-order chi connectivity index (χ1) is 14.4. The first kappa shape index (κ1) is 20.8. The number of anilines is 1. The number of hydrogen-bond donors (Lipinski definition) is 1. The number of carbonyl (C=O) groups is 1. The van der Waals surface area contributed by atoms with E-state index < -0.39 is 0 Å². The lowest BCUT2D eigenvalue weighted by molar-refractivity contribution is 0.102. The van der Waals surface area contributed by atoms with Crippen molar-refractivity contribution in [3.63, 3.8) is 0 Å². The van der Waals surface area contributed by atoms with E-state index in [-0.39, 0.29) is 5.91 Å². The van der Waals surface area contributed by atoms with Crippen LogP contribution in [0.1, 0.15) is 21.6 Å². The van der Waals surface area contributed by atoms with Crippen molar-refractivity contribution in [1.29, 1.82) is 0 Å². The Morgan fingerprint density at radius 2 is 1.80 bits per heavy atom. The van der Waals surface area contributed by atoms with Gasteiger partial charge in [-0.15, -0.1) is 0 Å². The summed E-state index contributed by atoms with van der Waals surface area (Å²) in [5.74, 6) is -0.275. The first-order valence-electron chi connectivity index (χ1n) is 10.2. The quantitative estimate of drug-likeness (QED) is 0.678. The second-order valence-electron chi connectivity index (χ2n) is 7.96. The molecule has 0 spiro atoms. The Balaban J connectivity index is 1.53. The number of nitrogens with zero attached hydrogens (tertiary/aromatic N) is 5. The number of piperazine rings is 1. The van der Waals surface area contributed by atoms with Crippen LogP contribution in [0.2, 0.25) is 5.02 Å². The van der Waals surface area contributed by atoms with E-state index in [2.05, 4.69) is 32.2 Å². The monoisotopic (exact) mass is 426 g/mol. The van der Waals surface area contributed by atoms with Gasteiger partial charge in [0.1, 0.15) is 0 Å². The van der Waals surface area contributed by atoms with Crippen LogP contribution in [0.15, 0.2) is 30.5 Å². The SMILES string of the molecule is Cc1ccc(NC(=O)c2cnc3c(c(C)nn3CCN3CCN(C)CC3)c2Cl)cc1. The summed E-state index contributed by atoms with van der Waals surface area (Å²) in [6.45, 7) is 9.86. The number of aromatic nitrogens is 3. The third-order valence-electron chi connectivity index (χ3n) is 5.65. The minimum atomic E-state index is -0.275. The highest BCUT2D eigenvalue weighted by molar-refractivity contribution is 6.39. The normalized spacial score (nSPS) is 15.6. The predicted molar refractivity (Wildman–Crippen MR) is 120 cm³/mol. The van der Waals surface area contributed by atoms with Gasteiger partial charge in [-0.2, -0.15) is 5.10 Å². The number of nitrogens with one attached hydrogen (secondary N) is 1. The molecule has 3 heterocycles. The zero-order valence-corrected chi connectivity index (χ0v) is 18.4. The Hall–Kier alpha value is -2.48. The molecule has 0 aliphatic carbocycles. The van der Waals surface area contributed by atoms with Crippen molar-refractivity contribution in [3.05, 3.63) is 52.3 Å². The molecule has 0 unspecified atom stereocenters. The number of carbonyl (C=O) groups excluding carboxylic acids is 1. The van der Waals surface area contributed by atoms with Crippen LogP contribution in [-0.4, -0.2) is 70.2 Å². The van der Waals surface area contributed by atoms with E-state index in [1.165, 1.54) is 0 Å². The van der Waals surface area contributed by atoms with E-state index in [1.807, 2.05) is 42.8 Å². The lowest BCUT2D eigenvalue weighted by Gasteiger charge is -2.32. The number of halogens is 1. The van der Waals surface area contributed by atoms with Crippen molar-refractivity contribution < 1.29 is 4.79 Å². The van der Waals surface area contributed by atoms with E-state index in [0.29, 0.717) is 10.6 Å². The standard InChI is InChI=1S/C22H27ClN6O/c1-15-4-6-17(7-5-15)25-22(30)18-14-24-21-19(20(18)23)16(2)26-29(21)13-12-28-10-8-27(3)9-11-28/h4-7,14H,8-13H2,1-3H3,(H,25,30). The largest absolute Gasteiger partial charge is 0.322 e. The molecule has 8 heteroatoms. The second kappa shape index (κ2) is 8.71. The second-order valence-corrected chi connectivity index (χ2v) is 8.34. The molecule has 7 nitrogen and oxygen atoms in total. The molecular weight excluding hydrogens is 400 g/mol. The highest BCUT2D eigenvalue weighted by Crippen LogP contribution is 2.29. The maximum atomic E-state index is 12.8. The van der Waals surface area contributed by atoms with Gasteiger partial charge in [0, 0.05) is 44.6 Å². The van der Waals surface area contributed by atoms with Gasteiger partial charge in [0.2, 0.25) is 0 Å². The molecule has 0 bridgehead atoms. The van der Waals surface area contributed by atoms with Crippen molar-refractivity contribution in [2.75, 3.05) is 45.1 Å². The number of hydrogen-bond acceptors (Lipinski definition) is 5. The molecule has 1 aliphatic rings. The van der Waals surface area contributed by atoms with Gasteiger partial charge in [-0.3, -0.25) is 9.69 Å². The molecule has 2 aromatic heterocycles. The molecule has 158 valence electrons. The molecule has 1 saturated heterocycles. The lowest BCUT2D eigenvalue weighted by Crippen LogP contribution is -2.45. The van der Waals surface area contributed by atoms with Crippen LogP contribution in [0, 0.1) is 13.8 Å². The molecule has 3 aromatic rings. The van der Waals surface area contributed by atoms with Crippen LogP contribution >= 0.6 is 11.6 Å². The van der Waals surface area contributed by atoms with Gasteiger partial charge >= 0.3 is 0 Å². The molecule has 1 N–H and O–H groups in total. The van der Waals surface area contributed by atoms with Crippen molar-refractivity contribution in [2.24, 2.45) is 0 Å². The Labute approximate surface area is 181 Å². The van der Waals surface area contributed by atoms with E-state index in [1.54, 1.807) is 6.20 Å². The summed E-state index contributed by atoms with van der Waals surface area (Å²) in [5.41, 5.74) is 3.71. The first-order valence-corrected chi connectivity index (χ1v) is 10.6. The predicted octanol–water partition coefficient (Wildman–Crippen LogP) is 3.20. The Bertz CT molecular complexity index is 1050. The van der Waals surface area contributed by atoms with Gasteiger partial charge in [-0.1, -0.05) is 29.3 Å². The summed E-state index contributed by atoms with van der Waals surface area (Å²) >= 11 is 6.64. The van der Waals surface area contributed by atoms with Gasteiger partial charge in [0.25, 0.3) is 5.91 Å². The molecule has 1 aliphatic heterocycles. The number of likely N-dealkylation sites (N-methyl/N-ethyl adjacent to an activating group) is 1. The maximum Gasteiger partial charge on any atom is 0.258 e. The summed E-state index contributed by atoms with van der Waals surface area (Å²) in [6, 6.07) is 7.64. The Kier molecular flexibility index (Phi) is 6.04. The molecule has 0 radical (unpaired) electrons. The topological polar surface area (TPSA) is 66.3 Å². The summed E-state index contributed by atoms with van der Waals surface area (Å²) in [7, 11) is 2.15. The van der Waals surface area contributed by atoms with Crippen LogP contribution < -0.4 is 5.32 Å². The van der Waals surface area contributed by atoms with Gasteiger partial charge in [0.05, 0.1) is 28.2 Å². The fourth-order valence-corrected chi connectivity index (χ4v) is 4.09. The molecule has 1 fully saturated rings. The van der Waals surface area contributed by atoms with Crippen molar-refractivity contribution >= 4 is 34.2 Å². The smallest absolute Gasteiger partial charge is 0.258 e. The fourth-order valence-electron chi connectivity index (χ4n) is 3.73. The van der Waals surface area contributed by atoms with Crippen molar-refractivity contribution in [1.82, 2.24) is 24.6 Å². The number of fused-ring (bicyclic) bond motifs is 1. The summed E-state index contributed by atoms with van der Waals surface area (Å²) in [5, 5.41) is 8.67. The zero-order valence-electron chi connectivity index (χ0n) is 17.7. The Morgan fingerprint density at radius 1 is 1.10 bits per heavy atom. The van der Waals surface area contributed by atoms with Gasteiger partial charge < -0.3 is 10.2 Å². The summed E-state index contributed by atoms with van der Waals surface area (Å²) < 4.78 is 1.90. The summed E-state index contributed by atoms with van der Waals surface area (Å²) in [4.78, 5) is 22.1. The van der Waals surface area contributed by atoms with Crippen LogP contribution in [-0.2, 0) is 6.54 Å². The molecule has 1 aromatic carbocycles. The minimum Gasteiger partial charge on any atom is -0.322 e. The molecule has 4 rings (SSSR count). The third-order valence-corrected chi connectivity index (χ3v) is 6.04. The van der Waals surface area contributed by atoms with Crippen LogP contribution in [0.5, 0.6) is 0 Å². The molecule has 30 heavy (non-hydrogen) atoms. The molecule has 0 saturated carbocycles.